The van der Waals surface area contributed by atoms with Crippen LogP contribution >= 0.6 is 11.8 Å². The summed E-state index contributed by atoms with van der Waals surface area (Å²) < 4.78 is 20.1. The number of rotatable bonds is 5. The zero-order valence-electron chi connectivity index (χ0n) is 11.4. The molecule has 0 aliphatic carbocycles. The maximum absolute atomic E-state index is 13.5. The van der Waals surface area contributed by atoms with Crippen LogP contribution in [-0.2, 0) is 7.05 Å². The molecule has 1 aromatic carbocycles. The van der Waals surface area contributed by atoms with Gasteiger partial charge in [-0.25, -0.2) is 4.39 Å². The summed E-state index contributed by atoms with van der Waals surface area (Å²) in [5.41, 5.74) is 0.315. The Hall–Kier alpha value is -1.89. The Bertz CT molecular complexity index is 643. The molecule has 20 heavy (non-hydrogen) atoms. The SMILES string of the molecule is COc1ccc(C(=O)CSc2nnc(C)n2C)cc1F. The molecule has 0 N–H and O–H groups in total. The van der Waals surface area contributed by atoms with Crippen LogP contribution in [0.25, 0.3) is 0 Å². The van der Waals surface area contributed by atoms with Gasteiger partial charge in [0, 0.05) is 12.6 Å². The standard InChI is InChI=1S/C13H14FN3O2S/c1-8-15-16-13(17(8)2)20-7-11(18)9-4-5-12(19-3)10(14)6-9/h4-6H,7H2,1-3H3. The van der Waals surface area contributed by atoms with Crippen molar-refractivity contribution in [2.45, 2.75) is 12.1 Å². The van der Waals surface area contributed by atoms with Gasteiger partial charge >= 0.3 is 0 Å². The van der Waals surface area contributed by atoms with Crippen LogP contribution in [0.5, 0.6) is 5.75 Å². The Morgan fingerprint density at radius 3 is 2.75 bits per heavy atom. The number of nitrogens with zero attached hydrogens (tertiary/aromatic N) is 3. The predicted octanol–water partition coefficient (Wildman–Crippen LogP) is 2.25. The largest absolute Gasteiger partial charge is 0.494 e. The number of hydrogen-bond acceptors (Lipinski definition) is 5. The maximum Gasteiger partial charge on any atom is 0.191 e. The quantitative estimate of drug-likeness (QED) is 0.625. The van der Waals surface area contributed by atoms with Crippen LogP contribution in [-0.4, -0.2) is 33.4 Å². The first kappa shape index (κ1) is 14.5. The lowest BCUT2D eigenvalue weighted by atomic mass is 10.1. The number of Topliss-reactive ketones (excluding diaryl/α,β-unsaturated/α-hetero) is 1. The van der Waals surface area contributed by atoms with E-state index in [-0.39, 0.29) is 17.3 Å². The molecule has 0 bridgehead atoms. The number of benzene rings is 1. The van der Waals surface area contributed by atoms with Gasteiger partial charge < -0.3 is 9.30 Å². The molecule has 0 aliphatic heterocycles. The lowest BCUT2D eigenvalue weighted by Crippen LogP contribution is -2.05. The summed E-state index contributed by atoms with van der Waals surface area (Å²) in [6.45, 7) is 1.83. The highest BCUT2D eigenvalue weighted by Crippen LogP contribution is 2.21. The Balaban J connectivity index is 2.05. The molecule has 2 rings (SSSR count). The van der Waals surface area contributed by atoms with E-state index in [0.29, 0.717) is 10.7 Å². The molecular weight excluding hydrogens is 281 g/mol. The molecule has 106 valence electrons. The first-order valence-corrected chi connectivity index (χ1v) is 6.87. The maximum atomic E-state index is 13.5. The first-order valence-electron chi connectivity index (χ1n) is 5.88. The molecule has 0 saturated carbocycles. The van der Waals surface area contributed by atoms with Crippen molar-refractivity contribution < 1.29 is 13.9 Å². The van der Waals surface area contributed by atoms with Crippen molar-refractivity contribution in [1.29, 1.82) is 0 Å². The summed E-state index contributed by atoms with van der Waals surface area (Å²) in [6.07, 6.45) is 0. The lowest BCUT2D eigenvalue weighted by Gasteiger charge is -2.04. The summed E-state index contributed by atoms with van der Waals surface area (Å²) in [5.74, 6) is 0.362. The van der Waals surface area contributed by atoms with Crippen LogP contribution in [0.15, 0.2) is 23.4 Å². The molecule has 2 aromatic rings. The minimum Gasteiger partial charge on any atom is -0.494 e. The van der Waals surface area contributed by atoms with Crippen LogP contribution < -0.4 is 4.74 Å². The highest BCUT2D eigenvalue weighted by Gasteiger charge is 2.13. The van der Waals surface area contributed by atoms with E-state index < -0.39 is 5.82 Å². The zero-order valence-corrected chi connectivity index (χ0v) is 12.2. The van der Waals surface area contributed by atoms with Crippen molar-refractivity contribution in [3.05, 3.63) is 35.4 Å². The summed E-state index contributed by atoms with van der Waals surface area (Å²) >= 11 is 1.27. The number of thioether (sulfide) groups is 1. The normalized spacial score (nSPS) is 10.6. The van der Waals surface area contributed by atoms with E-state index in [4.69, 9.17) is 4.74 Å². The van der Waals surface area contributed by atoms with E-state index in [0.717, 1.165) is 5.82 Å². The first-order chi connectivity index (χ1) is 9.52. The molecule has 0 aliphatic rings. The molecule has 0 spiro atoms. The van der Waals surface area contributed by atoms with Gasteiger partial charge in [0.05, 0.1) is 12.9 Å². The Morgan fingerprint density at radius 1 is 1.45 bits per heavy atom. The fourth-order valence-corrected chi connectivity index (χ4v) is 2.42. The van der Waals surface area contributed by atoms with E-state index in [2.05, 4.69) is 10.2 Å². The summed E-state index contributed by atoms with van der Waals surface area (Å²) in [4.78, 5) is 12.0. The van der Waals surface area contributed by atoms with Gasteiger partial charge in [0.25, 0.3) is 0 Å². The van der Waals surface area contributed by atoms with Gasteiger partial charge in [0.2, 0.25) is 0 Å². The van der Waals surface area contributed by atoms with Crippen molar-refractivity contribution in [2.75, 3.05) is 12.9 Å². The minimum atomic E-state index is -0.544. The number of methoxy groups -OCH3 is 1. The van der Waals surface area contributed by atoms with Crippen LogP contribution in [0.2, 0.25) is 0 Å². The minimum absolute atomic E-state index is 0.123. The average Bonchev–Trinajstić information content (AvgIpc) is 2.76. The Kier molecular flexibility index (Phi) is 4.39. The topological polar surface area (TPSA) is 57.0 Å². The van der Waals surface area contributed by atoms with Gasteiger partial charge in [-0.1, -0.05) is 11.8 Å². The van der Waals surface area contributed by atoms with Crippen LogP contribution in [0.4, 0.5) is 4.39 Å². The number of ether oxygens (including phenoxy) is 1. The van der Waals surface area contributed by atoms with Crippen molar-refractivity contribution in [2.24, 2.45) is 7.05 Å². The van der Waals surface area contributed by atoms with Crippen LogP contribution in [0.1, 0.15) is 16.2 Å². The van der Waals surface area contributed by atoms with E-state index in [9.17, 15) is 9.18 Å². The average molecular weight is 295 g/mol. The van der Waals surface area contributed by atoms with E-state index in [1.807, 2.05) is 14.0 Å². The molecule has 0 fully saturated rings. The summed E-state index contributed by atoms with van der Waals surface area (Å²) in [6, 6.07) is 4.18. The number of hydrogen-bond donors (Lipinski definition) is 0. The third-order valence-corrected chi connectivity index (χ3v) is 3.88. The molecule has 0 saturated heterocycles. The number of ketones is 1. The van der Waals surface area contributed by atoms with E-state index in [1.54, 1.807) is 10.6 Å². The second-order valence-electron chi connectivity index (χ2n) is 4.15. The fraction of sp³-hybridized carbons (Fsp3) is 0.308. The second-order valence-corrected chi connectivity index (χ2v) is 5.09. The molecule has 0 radical (unpaired) electrons. The predicted molar refractivity (Wildman–Crippen MR) is 73.7 cm³/mol. The molecule has 0 unspecified atom stereocenters. The number of aromatic nitrogens is 3. The number of halogens is 1. The van der Waals surface area contributed by atoms with Gasteiger partial charge in [0.15, 0.2) is 22.5 Å². The highest BCUT2D eigenvalue weighted by atomic mass is 32.2. The molecule has 1 aromatic heterocycles. The van der Waals surface area contributed by atoms with Crippen molar-refractivity contribution in [1.82, 2.24) is 14.8 Å². The molecule has 5 nitrogen and oxygen atoms in total. The smallest absolute Gasteiger partial charge is 0.191 e. The summed E-state index contributed by atoms with van der Waals surface area (Å²) in [5, 5.41) is 8.52. The number of carbonyl (C=O) groups excluding carboxylic acids is 1. The van der Waals surface area contributed by atoms with Gasteiger partial charge in [0.1, 0.15) is 5.82 Å². The van der Waals surface area contributed by atoms with Gasteiger partial charge in [-0.15, -0.1) is 10.2 Å². The second kappa shape index (κ2) is 6.04. The highest BCUT2D eigenvalue weighted by molar-refractivity contribution is 7.99. The van der Waals surface area contributed by atoms with Crippen LogP contribution in [0.3, 0.4) is 0 Å². The molecule has 1 heterocycles. The van der Waals surface area contributed by atoms with Crippen molar-refractivity contribution in [3.8, 4) is 5.75 Å². The van der Waals surface area contributed by atoms with Gasteiger partial charge in [-0.2, -0.15) is 0 Å². The monoisotopic (exact) mass is 295 g/mol. The third kappa shape index (κ3) is 2.98. The molecule has 0 amide bonds. The molecule has 7 heteroatoms. The zero-order chi connectivity index (χ0) is 14.7. The van der Waals surface area contributed by atoms with Crippen LogP contribution in [0, 0.1) is 12.7 Å². The van der Waals surface area contributed by atoms with Crippen molar-refractivity contribution in [3.63, 3.8) is 0 Å². The fourth-order valence-electron chi connectivity index (χ4n) is 1.57. The Morgan fingerprint density at radius 2 is 2.20 bits per heavy atom. The number of carbonyl (C=O) groups is 1. The molecular formula is C13H14FN3O2S. The number of aryl methyl sites for hydroxylation is 1. The van der Waals surface area contributed by atoms with Gasteiger partial charge in [-0.05, 0) is 25.1 Å². The lowest BCUT2D eigenvalue weighted by molar-refractivity contribution is 0.102. The molecule has 0 atom stereocenters. The van der Waals surface area contributed by atoms with E-state index >= 15 is 0 Å². The van der Waals surface area contributed by atoms with E-state index in [1.165, 1.54) is 31.0 Å². The van der Waals surface area contributed by atoms with Crippen molar-refractivity contribution >= 4 is 17.5 Å². The Labute approximate surface area is 120 Å². The van der Waals surface area contributed by atoms with Gasteiger partial charge in [-0.3, -0.25) is 4.79 Å². The third-order valence-electron chi connectivity index (χ3n) is 2.86. The summed E-state index contributed by atoms with van der Waals surface area (Å²) in [7, 11) is 3.21.